The molecule has 2 N–H and O–H groups in total. The summed E-state index contributed by atoms with van der Waals surface area (Å²) in [5, 5.41) is 13.9. The number of benzene rings is 3. The van der Waals surface area contributed by atoms with Crippen LogP contribution in [0.4, 0.5) is 11.5 Å². The molecule has 1 aliphatic rings. The number of rotatable bonds is 4. The zero-order chi connectivity index (χ0) is 20.5. The summed E-state index contributed by atoms with van der Waals surface area (Å²) in [6.07, 6.45) is 3.77. The van der Waals surface area contributed by atoms with E-state index < -0.39 is 0 Å². The van der Waals surface area contributed by atoms with Gasteiger partial charge in [0.1, 0.15) is 11.6 Å². The van der Waals surface area contributed by atoms with Gasteiger partial charge in [0.2, 0.25) is 6.79 Å². The number of fused-ring (bicyclic) bond motifs is 2. The average Bonchev–Trinajstić information content (AvgIpc) is 3.19. The monoisotopic (exact) mass is 461 g/mol. The predicted molar refractivity (Wildman–Crippen MR) is 120 cm³/mol. The predicted octanol–water partition coefficient (Wildman–Crippen LogP) is 5.74. The van der Waals surface area contributed by atoms with Gasteiger partial charge in [-0.3, -0.25) is 0 Å². The minimum Gasteiger partial charge on any atom is -0.508 e. The molecule has 0 radical (unpaired) electrons. The molecule has 0 unspecified atom stereocenters. The number of phenolic OH excluding ortho intramolecular Hbond substituents is 1. The molecule has 0 spiro atoms. The fourth-order valence-electron chi connectivity index (χ4n) is 3.21. The van der Waals surface area contributed by atoms with Crippen molar-refractivity contribution >= 4 is 50.5 Å². The lowest BCUT2D eigenvalue weighted by molar-refractivity contribution is 0.174. The maximum Gasteiger partial charge on any atom is 0.231 e. The molecular weight excluding hydrogens is 446 g/mol. The molecule has 0 fully saturated rings. The quantitative estimate of drug-likeness (QED) is 0.403. The van der Waals surface area contributed by atoms with Gasteiger partial charge in [0, 0.05) is 21.6 Å². The Balaban J connectivity index is 1.53. The Kier molecular flexibility index (Phi) is 4.72. The van der Waals surface area contributed by atoms with Crippen LogP contribution in [0.25, 0.3) is 23.1 Å². The normalized spacial score (nSPS) is 12.6. The van der Waals surface area contributed by atoms with Crippen molar-refractivity contribution in [3.05, 3.63) is 76.5 Å². The highest BCUT2D eigenvalue weighted by Gasteiger charge is 2.15. The van der Waals surface area contributed by atoms with Crippen molar-refractivity contribution in [3.63, 3.8) is 0 Å². The number of para-hydroxylation sites is 1. The molecule has 0 aliphatic carbocycles. The van der Waals surface area contributed by atoms with Gasteiger partial charge in [-0.05, 0) is 54.1 Å². The summed E-state index contributed by atoms with van der Waals surface area (Å²) in [6.45, 7) is 0.229. The van der Waals surface area contributed by atoms with Gasteiger partial charge >= 0.3 is 0 Å². The van der Waals surface area contributed by atoms with E-state index in [2.05, 4.69) is 31.2 Å². The molecule has 4 aromatic rings. The van der Waals surface area contributed by atoms with Crippen LogP contribution in [-0.2, 0) is 0 Å². The maximum atomic E-state index is 9.75. The third kappa shape index (κ3) is 3.67. The fourth-order valence-corrected chi connectivity index (χ4v) is 3.66. The lowest BCUT2D eigenvalue weighted by Gasteiger charge is -2.10. The van der Waals surface area contributed by atoms with Crippen molar-refractivity contribution in [3.8, 4) is 17.2 Å². The SMILES string of the molecule is Oc1cccc(Nc2nc(/C=C/c3cc4c(cc3Br)OCO4)nc3ccccc23)c1. The zero-order valence-corrected chi connectivity index (χ0v) is 17.3. The first-order chi connectivity index (χ1) is 14.7. The van der Waals surface area contributed by atoms with Crippen LogP contribution in [0.1, 0.15) is 11.4 Å². The van der Waals surface area contributed by atoms with Crippen molar-refractivity contribution in [2.45, 2.75) is 0 Å². The second kappa shape index (κ2) is 7.68. The highest BCUT2D eigenvalue weighted by molar-refractivity contribution is 9.10. The van der Waals surface area contributed by atoms with Gasteiger partial charge in [-0.1, -0.05) is 34.1 Å². The van der Waals surface area contributed by atoms with E-state index in [1.807, 2.05) is 54.6 Å². The molecule has 2 heterocycles. The number of hydrogen-bond donors (Lipinski definition) is 2. The zero-order valence-electron chi connectivity index (χ0n) is 15.7. The van der Waals surface area contributed by atoms with E-state index in [1.165, 1.54) is 0 Å². The summed E-state index contributed by atoms with van der Waals surface area (Å²) >= 11 is 3.57. The summed E-state index contributed by atoms with van der Waals surface area (Å²) in [7, 11) is 0. The summed E-state index contributed by atoms with van der Waals surface area (Å²) in [5.74, 6) is 2.84. The van der Waals surface area contributed by atoms with Crippen LogP contribution in [0.5, 0.6) is 17.2 Å². The van der Waals surface area contributed by atoms with Crippen molar-refractivity contribution < 1.29 is 14.6 Å². The van der Waals surface area contributed by atoms with Crippen molar-refractivity contribution in [1.29, 1.82) is 0 Å². The molecule has 1 aromatic heterocycles. The topological polar surface area (TPSA) is 76.5 Å². The number of ether oxygens (including phenoxy) is 2. The van der Waals surface area contributed by atoms with Crippen LogP contribution in [0, 0.1) is 0 Å². The number of halogens is 1. The molecule has 30 heavy (non-hydrogen) atoms. The van der Waals surface area contributed by atoms with Crippen LogP contribution in [0.15, 0.2) is 65.1 Å². The average molecular weight is 462 g/mol. The number of phenols is 1. The summed E-state index contributed by atoms with van der Waals surface area (Å²) < 4.78 is 11.7. The van der Waals surface area contributed by atoms with Gasteiger partial charge in [0.05, 0.1) is 5.52 Å². The fraction of sp³-hybridized carbons (Fsp3) is 0.0435. The standard InChI is InChI=1S/C23H16BrN3O3/c24-18-12-21-20(29-13-30-21)10-14(18)8-9-22-26-19-7-2-1-6-17(19)23(27-22)25-15-4-3-5-16(28)11-15/h1-12,28H,13H2,(H,25,26,27)/b9-8+. The van der Waals surface area contributed by atoms with Crippen LogP contribution < -0.4 is 14.8 Å². The van der Waals surface area contributed by atoms with Crippen LogP contribution in [-0.4, -0.2) is 21.9 Å². The van der Waals surface area contributed by atoms with Crippen molar-refractivity contribution in [2.24, 2.45) is 0 Å². The van der Waals surface area contributed by atoms with Gasteiger partial charge in [-0.15, -0.1) is 0 Å². The molecule has 5 rings (SSSR count). The Bertz CT molecular complexity index is 1290. The molecular formula is C23H16BrN3O3. The number of nitrogens with one attached hydrogen (secondary N) is 1. The van der Waals surface area contributed by atoms with E-state index in [0.717, 1.165) is 32.4 Å². The van der Waals surface area contributed by atoms with Crippen molar-refractivity contribution in [1.82, 2.24) is 9.97 Å². The highest BCUT2D eigenvalue weighted by Crippen LogP contribution is 2.37. The number of nitrogens with zero attached hydrogens (tertiary/aromatic N) is 2. The summed E-state index contributed by atoms with van der Waals surface area (Å²) in [4.78, 5) is 9.33. The number of hydrogen-bond acceptors (Lipinski definition) is 6. The lowest BCUT2D eigenvalue weighted by atomic mass is 10.2. The largest absolute Gasteiger partial charge is 0.508 e. The van der Waals surface area contributed by atoms with E-state index in [0.29, 0.717) is 17.4 Å². The molecule has 0 atom stereocenters. The Labute approximate surface area is 181 Å². The van der Waals surface area contributed by atoms with Crippen LogP contribution in [0.3, 0.4) is 0 Å². The molecule has 148 valence electrons. The lowest BCUT2D eigenvalue weighted by Crippen LogP contribution is -1.99. The third-order valence-corrected chi connectivity index (χ3v) is 5.32. The first-order valence-electron chi connectivity index (χ1n) is 9.26. The Morgan fingerprint density at radius 1 is 0.933 bits per heavy atom. The molecule has 0 amide bonds. The Hall–Kier alpha value is -3.58. The molecule has 0 saturated heterocycles. The highest BCUT2D eigenvalue weighted by atomic mass is 79.9. The van der Waals surface area contributed by atoms with E-state index in [-0.39, 0.29) is 12.5 Å². The summed E-state index contributed by atoms with van der Waals surface area (Å²) in [5.41, 5.74) is 2.49. The smallest absolute Gasteiger partial charge is 0.231 e. The molecule has 7 heteroatoms. The van der Waals surface area contributed by atoms with Gasteiger partial charge in [0.25, 0.3) is 0 Å². The number of aromatic nitrogens is 2. The minimum atomic E-state index is 0.186. The molecule has 1 aliphatic heterocycles. The van der Waals surface area contributed by atoms with E-state index in [4.69, 9.17) is 9.47 Å². The van der Waals surface area contributed by atoms with Crippen LogP contribution >= 0.6 is 15.9 Å². The van der Waals surface area contributed by atoms with Crippen LogP contribution in [0.2, 0.25) is 0 Å². The molecule has 6 nitrogen and oxygen atoms in total. The van der Waals surface area contributed by atoms with Gasteiger partial charge in [0.15, 0.2) is 17.3 Å². The van der Waals surface area contributed by atoms with E-state index in [1.54, 1.807) is 18.2 Å². The molecule has 3 aromatic carbocycles. The number of anilines is 2. The van der Waals surface area contributed by atoms with Gasteiger partial charge < -0.3 is 19.9 Å². The van der Waals surface area contributed by atoms with E-state index >= 15 is 0 Å². The Morgan fingerprint density at radius 3 is 2.63 bits per heavy atom. The van der Waals surface area contributed by atoms with E-state index in [9.17, 15) is 5.11 Å². The maximum absolute atomic E-state index is 9.75. The van der Waals surface area contributed by atoms with Crippen molar-refractivity contribution in [2.75, 3.05) is 12.1 Å². The Morgan fingerprint density at radius 2 is 1.77 bits per heavy atom. The second-order valence-corrected chi connectivity index (χ2v) is 7.54. The second-order valence-electron chi connectivity index (χ2n) is 6.68. The van der Waals surface area contributed by atoms with Gasteiger partial charge in [-0.2, -0.15) is 0 Å². The first-order valence-corrected chi connectivity index (χ1v) is 10.0. The molecule has 0 saturated carbocycles. The summed E-state index contributed by atoms with van der Waals surface area (Å²) in [6, 6.07) is 18.5. The first kappa shape index (κ1) is 18.4. The minimum absolute atomic E-state index is 0.186. The molecule has 0 bridgehead atoms. The van der Waals surface area contributed by atoms with Gasteiger partial charge in [-0.25, -0.2) is 9.97 Å². The third-order valence-electron chi connectivity index (χ3n) is 4.63. The number of aromatic hydroxyl groups is 1.